The highest BCUT2D eigenvalue weighted by molar-refractivity contribution is 6.30. The van der Waals surface area contributed by atoms with Crippen molar-refractivity contribution in [3.63, 3.8) is 0 Å². The minimum Gasteiger partial charge on any atom is -0.486 e. The molecule has 7 heteroatoms. The fourth-order valence-electron chi connectivity index (χ4n) is 2.83. The quantitative estimate of drug-likeness (QED) is 0.661. The van der Waals surface area contributed by atoms with Gasteiger partial charge in [0.15, 0.2) is 11.5 Å². The zero-order valence-electron chi connectivity index (χ0n) is 15.0. The van der Waals surface area contributed by atoms with Crippen molar-refractivity contribution in [1.82, 2.24) is 9.97 Å². The molecule has 1 aromatic heterocycles. The number of aromatic nitrogens is 2. The third-order valence-corrected chi connectivity index (χ3v) is 4.35. The highest BCUT2D eigenvalue weighted by Gasteiger charge is 2.12. The van der Waals surface area contributed by atoms with Crippen molar-refractivity contribution in [2.24, 2.45) is 0 Å². The van der Waals surface area contributed by atoms with Crippen molar-refractivity contribution in [2.45, 2.75) is 13.8 Å². The first kappa shape index (κ1) is 17.4. The second-order valence-corrected chi connectivity index (χ2v) is 6.69. The summed E-state index contributed by atoms with van der Waals surface area (Å²) in [5.74, 6) is 3.50. The molecule has 2 heterocycles. The Labute approximate surface area is 162 Å². The van der Waals surface area contributed by atoms with Gasteiger partial charge in [0, 0.05) is 28.5 Å². The third-order valence-electron chi connectivity index (χ3n) is 4.11. The second kappa shape index (κ2) is 7.32. The highest BCUT2D eigenvalue weighted by atomic mass is 35.5. The largest absolute Gasteiger partial charge is 0.486 e. The van der Waals surface area contributed by atoms with Gasteiger partial charge in [-0.1, -0.05) is 17.7 Å². The van der Waals surface area contributed by atoms with Crippen LogP contribution in [0.15, 0.2) is 42.5 Å². The molecule has 0 bridgehead atoms. The molecule has 138 valence electrons. The van der Waals surface area contributed by atoms with Crippen LogP contribution in [0.3, 0.4) is 0 Å². The summed E-state index contributed by atoms with van der Waals surface area (Å²) in [7, 11) is 0. The molecule has 2 aromatic carbocycles. The van der Waals surface area contributed by atoms with Gasteiger partial charge >= 0.3 is 0 Å². The van der Waals surface area contributed by atoms with Crippen LogP contribution in [0.4, 0.5) is 23.0 Å². The molecule has 6 nitrogen and oxygen atoms in total. The molecule has 0 saturated carbocycles. The number of halogens is 1. The maximum Gasteiger partial charge on any atom is 0.163 e. The Morgan fingerprint density at radius 1 is 0.852 bits per heavy atom. The first-order valence-corrected chi connectivity index (χ1v) is 9.00. The van der Waals surface area contributed by atoms with E-state index in [1.807, 2.05) is 56.3 Å². The predicted octanol–water partition coefficient (Wildman–Crippen LogP) is 5.01. The van der Waals surface area contributed by atoms with Gasteiger partial charge in [0.2, 0.25) is 0 Å². The Kier molecular flexibility index (Phi) is 4.73. The average molecular weight is 383 g/mol. The van der Waals surface area contributed by atoms with Crippen molar-refractivity contribution in [1.29, 1.82) is 0 Å². The molecule has 0 atom stereocenters. The zero-order chi connectivity index (χ0) is 18.8. The van der Waals surface area contributed by atoms with Crippen LogP contribution in [0, 0.1) is 13.8 Å². The summed E-state index contributed by atoms with van der Waals surface area (Å²) in [6.07, 6.45) is 0. The van der Waals surface area contributed by atoms with Crippen LogP contribution in [0.25, 0.3) is 0 Å². The molecule has 0 aliphatic carbocycles. The lowest BCUT2D eigenvalue weighted by Crippen LogP contribution is -2.15. The predicted molar refractivity (Wildman–Crippen MR) is 107 cm³/mol. The monoisotopic (exact) mass is 382 g/mol. The van der Waals surface area contributed by atoms with Crippen molar-refractivity contribution in [2.75, 3.05) is 23.8 Å². The van der Waals surface area contributed by atoms with Gasteiger partial charge in [-0.15, -0.1) is 0 Å². The smallest absolute Gasteiger partial charge is 0.163 e. The topological polar surface area (TPSA) is 68.3 Å². The van der Waals surface area contributed by atoms with Gasteiger partial charge in [0.05, 0.1) is 0 Å². The van der Waals surface area contributed by atoms with Crippen molar-refractivity contribution < 1.29 is 9.47 Å². The summed E-state index contributed by atoms with van der Waals surface area (Å²) in [5, 5.41) is 7.27. The standard InChI is InChI=1S/C20H19ClN4O2/c1-12-3-4-14(21)9-16(12)25-20-11-19(22-13(2)23-20)24-15-5-6-17-18(10-15)27-8-7-26-17/h3-6,9-11H,7-8H2,1-2H3,(H2,22,23,24,25). The number of fused-ring (bicyclic) bond motifs is 1. The number of nitrogens with zero attached hydrogens (tertiary/aromatic N) is 2. The van der Waals surface area contributed by atoms with E-state index in [0.29, 0.717) is 35.7 Å². The zero-order valence-corrected chi connectivity index (χ0v) is 15.8. The second-order valence-electron chi connectivity index (χ2n) is 6.25. The van der Waals surface area contributed by atoms with Gasteiger partial charge in [-0.05, 0) is 43.7 Å². The lowest BCUT2D eigenvalue weighted by molar-refractivity contribution is 0.171. The van der Waals surface area contributed by atoms with E-state index >= 15 is 0 Å². The number of hydrogen-bond acceptors (Lipinski definition) is 6. The lowest BCUT2D eigenvalue weighted by Gasteiger charge is -2.19. The van der Waals surface area contributed by atoms with Gasteiger partial charge in [-0.3, -0.25) is 0 Å². The molecule has 2 N–H and O–H groups in total. The summed E-state index contributed by atoms with van der Waals surface area (Å²) in [6, 6.07) is 13.3. The van der Waals surface area contributed by atoms with E-state index in [1.54, 1.807) is 0 Å². The van der Waals surface area contributed by atoms with E-state index in [4.69, 9.17) is 21.1 Å². The van der Waals surface area contributed by atoms with E-state index in [1.165, 1.54) is 0 Å². The maximum absolute atomic E-state index is 6.10. The van der Waals surface area contributed by atoms with Crippen LogP contribution in [-0.2, 0) is 0 Å². The molecular formula is C20H19ClN4O2. The molecule has 4 rings (SSSR count). The van der Waals surface area contributed by atoms with Gasteiger partial charge < -0.3 is 20.1 Å². The summed E-state index contributed by atoms with van der Waals surface area (Å²) in [4.78, 5) is 8.92. The number of benzene rings is 2. The summed E-state index contributed by atoms with van der Waals surface area (Å²) in [6.45, 7) is 4.99. The first-order valence-electron chi connectivity index (χ1n) is 8.62. The number of aryl methyl sites for hydroxylation is 2. The molecule has 0 saturated heterocycles. The van der Waals surface area contributed by atoms with E-state index in [-0.39, 0.29) is 0 Å². The minimum atomic E-state index is 0.552. The molecule has 0 unspecified atom stereocenters. The fraction of sp³-hybridized carbons (Fsp3) is 0.200. The van der Waals surface area contributed by atoms with Gasteiger partial charge in [-0.25, -0.2) is 9.97 Å². The Bertz CT molecular complexity index is 994. The van der Waals surface area contributed by atoms with E-state index in [9.17, 15) is 0 Å². The first-order chi connectivity index (χ1) is 13.1. The van der Waals surface area contributed by atoms with Crippen LogP contribution in [0.2, 0.25) is 5.02 Å². The molecule has 0 radical (unpaired) electrons. The lowest BCUT2D eigenvalue weighted by atomic mass is 10.2. The van der Waals surface area contributed by atoms with Crippen molar-refractivity contribution in [3.8, 4) is 11.5 Å². The molecule has 3 aromatic rings. The summed E-state index contributed by atoms with van der Waals surface area (Å²) in [5.41, 5.74) is 2.85. The molecule has 0 spiro atoms. The normalized spacial score (nSPS) is 12.6. The molecule has 1 aliphatic rings. The Morgan fingerprint density at radius 3 is 2.41 bits per heavy atom. The van der Waals surface area contributed by atoms with E-state index in [0.717, 1.165) is 28.4 Å². The SMILES string of the molecule is Cc1nc(Nc2ccc3c(c2)OCCO3)cc(Nc2cc(Cl)ccc2C)n1. The van der Waals surface area contributed by atoms with Crippen LogP contribution < -0.4 is 20.1 Å². The highest BCUT2D eigenvalue weighted by Crippen LogP contribution is 2.33. The Hall–Kier alpha value is -2.99. The number of anilines is 4. The van der Waals surface area contributed by atoms with Crippen LogP contribution in [-0.4, -0.2) is 23.2 Å². The average Bonchev–Trinajstić information content (AvgIpc) is 2.64. The summed E-state index contributed by atoms with van der Waals surface area (Å²) < 4.78 is 11.2. The molecule has 0 amide bonds. The molecule has 27 heavy (non-hydrogen) atoms. The van der Waals surface area contributed by atoms with Crippen LogP contribution in [0.5, 0.6) is 11.5 Å². The van der Waals surface area contributed by atoms with Crippen LogP contribution in [0.1, 0.15) is 11.4 Å². The van der Waals surface area contributed by atoms with Gasteiger partial charge in [0.1, 0.15) is 30.7 Å². The number of rotatable bonds is 4. The molecular weight excluding hydrogens is 364 g/mol. The Balaban J connectivity index is 1.58. The van der Waals surface area contributed by atoms with Crippen molar-refractivity contribution >= 4 is 34.6 Å². The maximum atomic E-state index is 6.10. The summed E-state index contributed by atoms with van der Waals surface area (Å²) >= 11 is 6.10. The number of ether oxygens (including phenoxy) is 2. The van der Waals surface area contributed by atoms with E-state index in [2.05, 4.69) is 20.6 Å². The minimum absolute atomic E-state index is 0.552. The van der Waals surface area contributed by atoms with E-state index < -0.39 is 0 Å². The third kappa shape index (κ3) is 4.06. The Morgan fingerprint density at radius 2 is 1.59 bits per heavy atom. The fourth-order valence-corrected chi connectivity index (χ4v) is 3.00. The number of hydrogen-bond donors (Lipinski definition) is 2. The van der Waals surface area contributed by atoms with Gasteiger partial charge in [0.25, 0.3) is 0 Å². The van der Waals surface area contributed by atoms with Crippen molar-refractivity contribution in [3.05, 3.63) is 58.9 Å². The molecule has 0 fully saturated rings. The number of nitrogens with one attached hydrogen (secondary N) is 2. The molecule has 1 aliphatic heterocycles. The van der Waals surface area contributed by atoms with Gasteiger partial charge in [-0.2, -0.15) is 0 Å². The van der Waals surface area contributed by atoms with Crippen LogP contribution >= 0.6 is 11.6 Å².